The largest absolute Gasteiger partial charge is 0.478 e. The molecular formula is C14H14N2O4. The molecule has 1 unspecified atom stereocenters. The van der Waals surface area contributed by atoms with Gasteiger partial charge in [0, 0.05) is 0 Å². The molecule has 3 N–H and O–H groups in total. The predicted octanol–water partition coefficient (Wildman–Crippen LogP) is 1.22. The summed E-state index contributed by atoms with van der Waals surface area (Å²) in [7, 11) is 0. The van der Waals surface area contributed by atoms with Crippen LogP contribution in [0.4, 0.5) is 4.79 Å². The van der Waals surface area contributed by atoms with E-state index >= 15 is 0 Å². The molecule has 2 aliphatic rings. The Kier molecular flexibility index (Phi) is 2.74. The number of carboxylic acid groups (broad SMARTS) is 1. The first-order valence-corrected chi connectivity index (χ1v) is 6.51. The van der Waals surface area contributed by atoms with E-state index in [0.717, 1.165) is 19.3 Å². The van der Waals surface area contributed by atoms with Crippen LogP contribution in [0.5, 0.6) is 0 Å². The van der Waals surface area contributed by atoms with Crippen molar-refractivity contribution < 1.29 is 19.5 Å². The standard InChI is InChI=1S/C14H14N2O4/c17-11(18)8-4-6-10(7-5-8)14(9-2-1-3-9)12(19)15-13(20)16-14/h4-7,9H,1-3H2,(H,17,18)(H2,15,16,19,20). The second-order valence-corrected chi connectivity index (χ2v) is 5.23. The van der Waals surface area contributed by atoms with E-state index in [2.05, 4.69) is 10.6 Å². The minimum atomic E-state index is -1.05. The number of carbonyl (C=O) groups excluding carboxylic acids is 2. The van der Waals surface area contributed by atoms with Crippen molar-refractivity contribution in [1.82, 2.24) is 10.6 Å². The molecule has 20 heavy (non-hydrogen) atoms. The lowest BCUT2D eigenvalue weighted by Crippen LogP contribution is -2.52. The van der Waals surface area contributed by atoms with Gasteiger partial charge in [0.15, 0.2) is 0 Å². The number of carboxylic acids is 1. The summed E-state index contributed by atoms with van der Waals surface area (Å²) in [4.78, 5) is 34.7. The Labute approximate surface area is 115 Å². The average molecular weight is 274 g/mol. The topological polar surface area (TPSA) is 95.5 Å². The fraction of sp³-hybridized carbons (Fsp3) is 0.357. The summed E-state index contributed by atoms with van der Waals surface area (Å²) >= 11 is 0. The van der Waals surface area contributed by atoms with Crippen LogP contribution in [0.1, 0.15) is 35.2 Å². The molecule has 1 heterocycles. The Balaban J connectivity index is 2.03. The van der Waals surface area contributed by atoms with Gasteiger partial charge in [-0.3, -0.25) is 10.1 Å². The summed E-state index contributed by atoms with van der Waals surface area (Å²) in [6.07, 6.45) is 2.77. The van der Waals surface area contributed by atoms with Gasteiger partial charge < -0.3 is 10.4 Å². The minimum Gasteiger partial charge on any atom is -0.478 e. The number of amides is 3. The molecule has 3 rings (SSSR count). The molecule has 6 heteroatoms. The smallest absolute Gasteiger partial charge is 0.335 e. The van der Waals surface area contributed by atoms with E-state index in [9.17, 15) is 14.4 Å². The van der Waals surface area contributed by atoms with Crippen molar-refractivity contribution in [3.8, 4) is 0 Å². The number of hydrogen-bond acceptors (Lipinski definition) is 3. The highest BCUT2D eigenvalue weighted by atomic mass is 16.4. The van der Waals surface area contributed by atoms with Crippen LogP contribution in [0.25, 0.3) is 0 Å². The van der Waals surface area contributed by atoms with Gasteiger partial charge in [0.25, 0.3) is 5.91 Å². The number of hydrogen-bond donors (Lipinski definition) is 3. The van der Waals surface area contributed by atoms with Gasteiger partial charge in [-0.2, -0.15) is 0 Å². The van der Waals surface area contributed by atoms with Crippen LogP contribution < -0.4 is 10.6 Å². The van der Waals surface area contributed by atoms with Gasteiger partial charge in [0.1, 0.15) is 5.54 Å². The Morgan fingerprint density at radius 3 is 2.25 bits per heavy atom. The molecule has 0 aromatic heterocycles. The fourth-order valence-electron chi connectivity index (χ4n) is 2.91. The molecule has 0 bridgehead atoms. The Morgan fingerprint density at radius 2 is 1.85 bits per heavy atom. The molecule has 104 valence electrons. The van der Waals surface area contributed by atoms with Crippen molar-refractivity contribution in [3.05, 3.63) is 35.4 Å². The van der Waals surface area contributed by atoms with Gasteiger partial charge >= 0.3 is 12.0 Å². The minimum absolute atomic E-state index is 0.0598. The van der Waals surface area contributed by atoms with Crippen molar-refractivity contribution in [3.63, 3.8) is 0 Å². The van der Waals surface area contributed by atoms with E-state index in [1.807, 2.05) is 0 Å². The number of imide groups is 1. The number of carbonyl (C=O) groups is 3. The quantitative estimate of drug-likeness (QED) is 0.722. The summed E-state index contributed by atoms with van der Waals surface area (Å²) in [5, 5.41) is 13.9. The number of aromatic carboxylic acids is 1. The van der Waals surface area contributed by atoms with E-state index < -0.39 is 17.5 Å². The van der Waals surface area contributed by atoms with Crippen LogP contribution in [0.15, 0.2) is 24.3 Å². The SMILES string of the molecule is O=C1NC(=O)C(c2ccc(C(=O)O)cc2)(C2CCC2)N1. The van der Waals surface area contributed by atoms with E-state index in [1.165, 1.54) is 12.1 Å². The van der Waals surface area contributed by atoms with Gasteiger partial charge in [-0.25, -0.2) is 9.59 Å². The van der Waals surface area contributed by atoms with Crippen LogP contribution in [0.3, 0.4) is 0 Å². The van der Waals surface area contributed by atoms with E-state index in [-0.39, 0.29) is 17.4 Å². The Morgan fingerprint density at radius 1 is 1.20 bits per heavy atom. The molecule has 2 fully saturated rings. The van der Waals surface area contributed by atoms with E-state index in [0.29, 0.717) is 5.56 Å². The highest BCUT2D eigenvalue weighted by molar-refractivity contribution is 6.07. The van der Waals surface area contributed by atoms with Gasteiger partial charge in [-0.05, 0) is 36.5 Å². The normalized spacial score (nSPS) is 25.8. The van der Waals surface area contributed by atoms with E-state index in [1.54, 1.807) is 12.1 Å². The van der Waals surface area contributed by atoms with Crippen LogP contribution >= 0.6 is 0 Å². The summed E-state index contributed by atoms with van der Waals surface area (Å²) < 4.78 is 0. The first-order chi connectivity index (χ1) is 9.54. The number of urea groups is 1. The molecule has 0 spiro atoms. The van der Waals surface area contributed by atoms with Gasteiger partial charge in [-0.15, -0.1) is 0 Å². The van der Waals surface area contributed by atoms with Crippen molar-refractivity contribution >= 4 is 17.9 Å². The molecular weight excluding hydrogens is 260 g/mol. The third-order valence-corrected chi connectivity index (χ3v) is 4.20. The molecule has 1 aromatic carbocycles. The second kappa shape index (κ2) is 4.33. The molecule has 1 aliphatic heterocycles. The average Bonchev–Trinajstić information content (AvgIpc) is 2.63. The third-order valence-electron chi connectivity index (χ3n) is 4.20. The lowest BCUT2D eigenvalue weighted by Gasteiger charge is -2.40. The molecule has 1 aromatic rings. The number of nitrogens with one attached hydrogen (secondary N) is 2. The molecule has 6 nitrogen and oxygen atoms in total. The first kappa shape index (κ1) is 12.7. The summed E-state index contributed by atoms with van der Waals surface area (Å²) in [6.45, 7) is 0. The maximum atomic E-state index is 12.2. The zero-order valence-electron chi connectivity index (χ0n) is 10.7. The fourth-order valence-corrected chi connectivity index (χ4v) is 2.91. The first-order valence-electron chi connectivity index (χ1n) is 6.51. The lowest BCUT2D eigenvalue weighted by molar-refractivity contribution is -0.127. The highest BCUT2D eigenvalue weighted by Crippen LogP contribution is 2.44. The second-order valence-electron chi connectivity index (χ2n) is 5.23. The van der Waals surface area contributed by atoms with Crippen molar-refractivity contribution in [1.29, 1.82) is 0 Å². The summed E-state index contributed by atoms with van der Waals surface area (Å²) in [5.41, 5.74) is -0.260. The van der Waals surface area contributed by atoms with Crippen LogP contribution in [0, 0.1) is 5.92 Å². The van der Waals surface area contributed by atoms with Crippen molar-refractivity contribution in [2.24, 2.45) is 5.92 Å². The molecule has 3 amide bonds. The van der Waals surface area contributed by atoms with Gasteiger partial charge in [-0.1, -0.05) is 18.6 Å². The zero-order chi connectivity index (χ0) is 14.3. The maximum Gasteiger partial charge on any atom is 0.335 e. The van der Waals surface area contributed by atoms with Crippen LogP contribution in [0.2, 0.25) is 0 Å². The maximum absolute atomic E-state index is 12.2. The highest BCUT2D eigenvalue weighted by Gasteiger charge is 2.54. The Bertz CT molecular complexity index is 592. The summed E-state index contributed by atoms with van der Waals surface area (Å²) in [5.74, 6) is -1.31. The predicted molar refractivity (Wildman–Crippen MR) is 69.1 cm³/mol. The van der Waals surface area contributed by atoms with Gasteiger partial charge in [0.2, 0.25) is 0 Å². The van der Waals surface area contributed by atoms with Crippen LogP contribution in [-0.4, -0.2) is 23.0 Å². The van der Waals surface area contributed by atoms with Gasteiger partial charge in [0.05, 0.1) is 5.56 Å². The van der Waals surface area contributed by atoms with Crippen molar-refractivity contribution in [2.45, 2.75) is 24.8 Å². The third kappa shape index (κ3) is 1.68. The number of rotatable bonds is 3. The van der Waals surface area contributed by atoms with E-state index in [4.69, 9.17) is 5.11 Å². The summed E-state index contributed by atoms with van der Waals surface area (Å²) in [6, 6.07) is 5.62. The van der Waals surface area contributed by atoms with Crippen molar-refractivity contribution in [2.75, 3.05) is 0 Å². The Hall–Kier alpha value is -2.37. The van der Waals surface area contributed by atoms with Crippen LogP contribution in [-0.2, 0) is 10.3 Å². The molecule has 1 saturated carbocycles. The zero-order valence-corrected chi connectivity index (χ0v) is 10.7. The number of benzene rings is 1. The molecule has 0 radical (unpaired) electrons. The molecule has 1 aliphatic carbocycles. The lowest BCUT2D eigenvalue weighted by atomic mass is 9.67. The molecule has 1 atom stereocenters. The monoisotopic (exact) mass is 274 g/mol. The molecule has 1 saturated heterocycles.